The van der Waals surface area contributed by atoms with Gasteiger partial charge in [0.05, 0.1) is 12.6 Å². The Labute approximate surface area is 163 Å². The van der Waals surface area contributed by atoms with Crippen LogP contribution in [-0.2, 0) is 4.74 Å². The Hall–Kier alpha value is -3.20. The second-order valence-corrected chi connectivity index (χ2v) is 6.90. The average molecular weight is 384 g/mol. The summed E-state index contributed by atoms with van der Waals surface area (Å²) in [6, 6.07) is 6.71. The molecule has 4 N–H and O–H groups in total. The maximum atomic E-state index is 12.0. The first-order valence-electron chi connectivity index (χ1n) is 8.96. The third kappa shape index (κ3) is 4.04. The molecule has 2 heterocycles. The van der Waals surface area contributed by atoms with Crippen LogP contribution in [0, 0.1) is 11.3 Å². The molecule has 0 radical (unpaired) electrons. The molecule has 2 aromatic rings. The van der Waals surface area contributed by atoms with E-state index in [4.69, 9.17) is 15.9 Å². The van der Waals surface area contributed by atoms with Gasteiger partial charge in [-0.1, -0.05) is 0 Å². The van der Waals surface area contributed by atoms with E-state index >= 15 is 0 Å². The quantitative estimate of drug-likeness (QED) is 0.653. The lowest BCUT2D eigenvalue weighted by molar-refractivity contribution is 0.0384. The monoisotopic (exact) mass is 384 g/mol. The van der Waals surface area contributed by atoms with E-state index in [1.165, 1.54) is 11.1 Å². The molecule has 1 saturated heterocycles. The van der Waals surface area contributed by atoms with Crippen molar-refractivity contribution in [2.24, 2.45) is 11.7 Å². The first-order chi connectivity index (χ1) is 13.4. The molecule has 1 aliphatic heterocycles. The van der Waals surface area contributed by atoms with Crippen LogP contribution in [0.2, 0.25) is 0 Å². The van der Waals surface area contributed by atoms with E-state index in [0.717, 1.165) is 6.42 Å². The van der Waals surface area contributed by atoms with Gasteiger partial charge in [0.2, 0.25) is 0 Å². The van der Waals surface area contributed by atoms with Crippen molar-refractivity contribution in [3.63, 3.8) is 0 Å². The predicted octanol–water partition coefficient (Wildman–Crippen LogP) is 1.65. The maximum absolute atomic E-state index is 12.0. The average Bonchev–Trinajstić information content (AvgIpc) is 3.11. The molecule has 9 heteroatoms. The number of hydrogen-bond donors (Lipinski definition) is 3. The van der Waals surface area contributed by atoms with Gasteiger partial charge < -0.3 is 26.1 Å². The fraction of sp³-hybridized carbons (Fsp3) is 0.368. The van der Waals surface area contributed by atoms with Crippen molar-refractivity contribution < 1.29 is 14.3 Å². The van der Waals surface area contributed by atoms with Crippen LogP contribution in [0.1, 0.15) is 33.2 Å². The van der Waals surface area contributed by atoms with E-state index in [-0.39, 0.29) is 23.4 Å². The van der Waals surface area contributed by atoms with E-state index in [1.54, 1.807) is 49.2 Å². The normalized spacial score (nSPS) is 19.1. The molecular formula is C19H24N6O3. The third-order valence-corrected chi connectivity index (χ3v) is 4.73. The van der Waals surface area contributed by atoms with Crippen LogP contribution >= 0.6 is 0 Å². The zero-order valence-corrected chi connectivity index (χ0v) is 15.9. The minimum absolute atomic E-state index is 0.0152. The number of anilines is 2. The van der Waals surface area contributed by atoms with Crippen LogP contribution in [-0.4, -0.2) is 60.0 Å². The Kier molecular flexibility index (Phi) is 5.74. The number of carbonyl (C=O) groups is 2. The Morgan fingerprint density at radius 3 is 2.68 bits per heavy atom. The summed E-state index contributed by atoms with van der Waals surface area (Å²) >= 11 is 0. The number of carbonyl (C=O) groups excluding carboxylic acids is 2. The third-order valence-electron chi connectivity index (χ3n) is 4.73. The summed E-state index contributed by atoms with van der Waals surface area (Å²) in [5.74, 6) is -0.382. The van der Waals surface area contributed by atoms with Gasteiger partial charge in [0, 0.05) is 50.3 Å². The van der Waals surface area contributed by atoms with Gasteiger partial charge in [0.25, 0.3) is 11.8 Å². The lowest BCUT2D eigenvalue weighted by atomic mass is 9.96. The number of nitrogens with one attached hydrogen (secondary N) is 2. The van der Waals surface area contributed by atoms with Crippen LogP contribution in [0.15, 0.2) is 30.5 Å². The van der Waals surface area contributed by atoms with Gasteiger partial charge in [-0.3, -0.25) is 14.3 Å². The van der Waals surface area contributed by atoms with E-state index < -0.39 is 5.91 Å². The molecule has 0 aliphatic carbocycles. The molecule has 1 fully saturated rings. The first-order valence-corrected chi connectivity index (χ1v) is 8.96. The fourth-order valence-electron chi connectivity index (χ4n) is 3.13. The van der Waals surface area contributed by atoms with Gasteiger partial charge in [-0.15, -0.1) is 0 Å². The highest BCUT2D eigenvalue weighted by molar-refractivity contribution is 5.98. The number of benzene rings is 1. The molecule has 0 bridgehead atoms. The van der Waals surface area contributed by atoms with Crippen LogP contribution < -0.4 is 11.1 Å². The number of aromatic nitrogens is 2. The number of primary amides is 1. The van der Waals surface area contributed by atoms with Crippen molar-refractivity contribution in [3.05, 3.63) is 41.6 Å². The van der Waals surface area contributed by atoms with Gasteiger partial charge in [0.1, 0.15) is 5.56 Å². The van der Waals surface area contributed by atoms with Crippen LogP contribution in [0.3, 0.4) is 0 Å². The summed E-state index contributed by atoms with van der Waals surface area (Å²) in [4.78, 5) is 25.4. The Morgan fingerprint density at radius 2 is 2.07 bits per heavy atom. The summed E-state index contributed by atoms with van der Waals surface area (Å²) in [7, 11) is 3.38. The van der Waals surface area contributed by atoms with Crippen LogP contribution in [0.5, 0.6) is 0 Å². The Bertz CT molecular complexity index is 874. The van der Waals surface area contributed by atoms with E-state index in [0.29, 0.717) is 30.3 Å². The second kappa shape index (κ2) is 8.22. The lowest BCUT2D eigenvalue weighted by Crippen LogP contribution is -2.31. The highest BCUT2D eigenvalue weighted by Gasteiger charge is 2.28. The largest absolute Gasteiger partial charge is 0.379 e. The van der Waals surface area contributed by atoms with E-state index in [2.05, 4.69) is 10.4 Å². The molecule has 2 atom stereocenters. The molecular weight excluding hydrogens is 360 g/mol. The first kappa shape index (κ1) is 19.6. The molecule has 0 saturated carbocycles. The molecule has 1 aromatic heterocycles. The number of hydrogen-bond acceptors (Lipinski definition) is 6. The van der Waals surface area contributed by atoms with Crippen molar-refractivity contribution in [1.29, 1.82) is 5.41 Å². The van der Waals surface area contributed by atoms with Crippen molar-refractivity contribution in [2.45, 2.75) is 12.5 Å². The van der Waals surface area contributed by atoms with E-state index in [9.17, 15) is 9.59 Å². The summed E-state index contributed by atoms with van der Waals surface area (Å²) in [5.41, 5.74) is 7.00. The minimum Gasteiger partial charge on any atom is -0.379 e. The minimum atomic E-state index is -0.601. The fourth-order valence-corrected chi connectivity index (χ4v) is 3.13. The van der Waals surface area contributed by atoms with Gasteiger partial charge in [-0.2, -0.15) is 5.10 Å². The van der Waals surface area contributed by atoms with Crippen molar-refractivity contribution in [1.82, 2.24) is 14.7 Å². The SMILES string of the molecule is CN(C)C(=O)c1ccc(Nc2nn([C@H]3COCC[C@@H]3C=N)cc2C(N)=O)cc1. The van der Waals surface area contributed by atoms with Crippen molar-refractivity contribution in [3.8, 4) is 0 Å². The summed E-state index contributed by atoms with van der Waals surface area (Å²) in [6.07, 6.45) is 3.71. The molecule has 148 valence electrons. The van der Waals surface area contributed by atoms with Gasteiger partial charge in [-0.25, -0.2) is 0 Å². The topological polar surface area (TPSA) is 126 Å². The van der Waals surface area contributed by atoms with Gasteiger partial charge in [-0.05, 0) is 30.7 Å². The summed E-state index contributed by atoms with van der Waals surface area (Å²) in [5, 5.41) is 15.2. The number of ether oxygens (including phenoxy) is 1. The maximum Gasteiger partial charge on any atom is 0.254 e. The number of amides is 2. The number of rotatable bonds is 6. The second-order valence-electron chi connectivity index (χ2n) is 6.90. The molecule has 28 heavy (non-hydrogen) atoms. The van der Waals surface area contributed by atoms with Gasteiger partial charge >= 0.3 is 0 Å². The molecule has 9 nitrogen and oxygen atoms in total. The molecule has 0 spiro atoms. The highest BCUT2D eigenvalue weighted by Crippen LogP contribution is 2.28. The molecule has 0 unspecified atom stereocenters. The smallest absolute Gasteiger partial charge is 0.254 e. The number of nitrogens with two attached hydrogens (primary N) is 1. The standard InChI is InChI=1S/C19H24N6O3/c1-24(2)19(27)12-3-5-14(6-4-12)22-18-15(17(21)26)10-25(23-18)16-11-28-8-7-13(16)9-20/h3-6,9-10,13,16,20H,7-8,11H2,1-2H3,(H2,21,26)(H,22,23)/t13-,16+/m1/s1. The zero-order chi connectivity index (χ0) is 20.3. The summed E-state index contributed by atoms with van der Waals surface area (Å²) < 4.78 is 7.15. The zero-order valence-electron chi connectivity index (χ0n) is 15.9. The Balaban J connectivity index is 1.85. The molecule has 3 rings (SSSR count). The van der Waals surface area contributed by atoms with Crippen molar-refractivity contribution >= 4 is 29.5 Å². The number of nitrogens with zero attached hydrogens (tertiary/aromatic N) is 3. The summed E-state index contributed by atoms with van der Waals surface area (Å²) in [6.45, 7) is 1.02. The molecule has 2 amide bonds. The molecule has 1 aromatic carbocycles. The predicted molar refractivity (Wildman–Crippen MR) is 105 cm³/mol. The lowest BCUT2D eigenvalue weighted by Gasteiger charge is -2.28. The Morgan fingerprint density at radius 1 is 1.36 bits per heavy atom. The highest BCUT2D eigenvalue weighted by atomic mass is 16.5. The van der Waals surface area contributed by atoms with Crippen LogP contribution in [0.4, 0.5) is 11.5 Å². The van der Waals surface area contributed by atoms with Crippen molar-refractivity contribution in [2.75, 3.05) is 32.6 Å². The van der Waals surface area contributed by atoms with E-state index in [1.807, 2.05) is 0 Å². The van der Waals surface area contributed by atoms with Crippen LogP contribution in [0.25, 0.3) is 0 Å². The van der Waals surface area contributed by atoms with Gasteiger partial charge in [0.15, 0.2) is 5.82 Å². The molecule has 1 aliphatic rings.